The molecule has 0 amide bonds. The van der Waals surface area contributed by atoms with Gasteiger partial charge >= 0.3 is 17.9 Å². The molecule has 0 aliphatic rings. The molecule has 0 aromatic carbocycles. The van der Waals surface area contributed by atoms with Gasteiger partial charge in [-0.1, -0.05) is 279 Å². The summed E-state index contributed by atoms with van der Waals surface area (Å²) in [6.45, 7) is 6.45. The summed E-state index contributed by atoms with van der Waals surface area (Å²) in [5, 5.41) is 0. The summed E-state index contributed by atoms with van der Waals surface area (Å²) >= 11 is 0. The minimum Gasteiger partial charge on any atom is -0.462 e. The van der Waals surface area contributed by atoms with Crippen molar-refractivity contribution in [2.24, 2.45) is 0 Å². The van der Waals surface area contributed by atoms with Crippen molar-refractivity contribution in [3.63, 3.8) is 0 Å². The van der Waals surface area contributed by atoms with Crippen LogP contribution in [0.4, 0.5) is 0 Å². The van der Waals surface area contributed by atoms with Crippen LogP contribution in [0, 0.1) is 0 Å². The molecule has 418 valence electrons. The van der Waals surface area contributed by atoms with Crippen LogP contribution in [-0.4, -0.2) is 37.2 Å². The van der Waals surface area contributed by atoms with Crippen molar-refractivity contribution >= 4 is 17.9 Å². The van der Waals surface area contributed by atoms with E-state index in [9.17, 15) is 14.4 Å². The van der Waals surface area contributed by atoms with Gasteiger partial charge in [0.05, 0.1) is 0 Å². The number of carbonyl (C=O) groups is 3. The lowest BCUT2D eigenvalue weighted by atomic mass is 10.0. The molecule has 6 nitrogen and oxygen atoms in total. The number of allylic oxidation sites excluding steroid dienone is 16. The molecule has 1 unspecified atom stereocenters. The normalized spacial score (nSPS) is 12.8. The molecule has 0 aliphatic heterocycles. The van der Waals surface area contributed by atoms with Gasteiger partial charge in [0, 0.05) is 19.3 Å². The van der Waals surface area contributed by atoms with E-state index in [1.54, 1.807) is 0 Å². The summed E-state index contributed by atoms with van der Waals surface area (Å²) < 4.78 is 16.8. The zero-order valence-electron chi connectivity index (χ0n) is 47.9. The van der Waals surface area contributed by atoms with Gasteiger partial charge in [-0.25, -0.2) is 0 Å². The second kappa shape index (κ2) is 60.9. The maximum Gasteiger partial charge on any atom is 0.306 e. The summed E-state index contributed by atoms with van der Waals surface area (Å²) in [4.78, 5) is 38.2. The average molecular weight is 1020 g/mol. The summed E-state index contributed by atoms with van der Waals surface area (Å²) in [5.74, 6) is -1.00. The third-order valence-corrected chi connectivity index (χ3v) is 13.1. The van der Waals surface area contributed by atoms with Crippen LogP contribution in [0.2, 0.25) is 0 Å². The summed E-state index contributed by atoms with van der Waals surface area (Å²) in [5.41, 5.74) is 0. The highest BCUT2D eigenvalue weighted by Gasteiger charge is 2.19. The fourth-order valence-electron chi connectivity index (χ4n) is 8.50. The van der Waals surface area contributed by atoms with E-state index < -0.39 is 12.1 Å². The Labute approximate surface area is 451 Å². The molecular formula is C67H114O6. The van der Waals surface area contributed by atoms with Crippen molar-refractivity contribution in [3.05, 3.63) is 97.2 Å². The number of hydrogen-bond acceptors (Lipinski definition) is 6. The molecule has 0 bridgehead atoms. The van der Waals surface area contributed by atoms with Gasteiger partial charge in [0.2, 0.25) is 0 Å². The van der Waals surface area contributed by atoms with Gasteiger partial charge in [0.25, 0.3) is 0 Å². The van der Waals surface area contributed by atoms with E-state index in [1.807, 2.05) is 6.08 Å². The van der Waals surface area contributed by atoms with E-state index in [0.29, 0.717) is 19.3 Å². The van der Waals surface area contributed by atoms with Crippen LogP contribution in [0.3, 0.4) is 0 Å². The minimum atomic E-state index is -0.824. The summed E-state index contributed by atoms with van der Waals surface area (Å²) in [6.07, 6.45) is 81.3. The van der Waals surface area contributed by atoms with Crippen molar-refractivity contribution in [3.8, 4) is 0 Å². The highest BCUT2D eigenvalue weighted by atomic mass is 16.6. The first-order valence-electron chi connectivity index (χ1n) is 30.7. The lowest BCUT2D eigenvalue weighted by molar-refractivity contribution is -0.166. The molecule has 0 N–H and O–H groups in total. The Morgan fingerprint density at radius 1 is 0.288 bits per heavy atom. The molecule has 1 atom stereocenters. The molecular weight excluding hydrogens is 901 g/mol. The number of unbranched alkanes of at least 4 members (excludes halogenated alkanes) is 28. The third kappa shape index (κ3) is 59.1. The van der Waals surface area contributed by atoms with Crippen LogP contribution in [0.1, 0.15) is 290 Å². The standard InChI is InChI=1S/C67H114O6/c1-4-7-10-13-16-19-22-25-28-30-32-33-35-36-39-42-45-48-51-54-57-60-66(69)72-63-64(62-71-65(68)59-56-53-50-47-44-41-38-27-24-21-18-15-12-9-6-3)73-67(70)61-58-55-52-49-46-43-40-37-34-31-29-26-23-20-17-14-11-8-5-2/h8,11,17-18,20-21,26-27,29,34,37-38,43,46,52,55,64H,4-7,9-10,12-16,19,22-25,28,30-33,35-36,39-42,44-45,47-51,53-54,56-63H2,1-3H3/b11-8-,20-17-,21-18-,29-26-,37-34-,38-27-,46-43-,55-52-. The molecule has 0 saturated heterocycles. The number of esters is 3. The number of rotatable bonds is 55. The maximum absolute atomic E-state index is 12.9. The summed E-state index contributed by atoms with van der Waals surface area (Å²) in [7, 11) is 0. The zero-order valence-corrected chi connectivity index (χ0v) is 47.9. The van der Waals surface area contributed by atoms with E-state index in [4.69, 9.17) is 14.2 Å². The van der Waals surface area contributed by atoms with E-state index in [0.717, 1.165) is 103 Å². The molecule has 0 aromatic rings. The largest absolute Gasteiger partial charge is 0.462 e. The average Bonchev–Trinajstić information content (AvgIpc) is 3.39. The SMILES string of the molecule is CC/C=C\C/C=C\C/C=C\C/C=C\C/C=C\C/C=C\CCC(=O)OC(COC(=O)CCCCCCC/C=C\C/C=C\CCCCC)COC(=O)CCCCCCCCCCCCCCCCCCCCCCC. The van der Waals surface area contributed by atoms with Crippen molar-refractivity contribution in [2.75, 3.05) is 13.2 Å². The Bertz CT molecular complexity index is 1440. The molecule has 0 aromatic heterocycles. The number of carbonyl (C=O) groups excluding carboxylic acids is 3. The highest BCUT2D eigenvalue weighted by molar-refractivity contribution is 5.71. The topological polar surface area (TPSA) is 78.9 Å². The van der Waals surface area contributed by atoms with Gasteiger partial charge in [-0.3, -0.25) is 14.4 Å². The van der Waals surface area contributed by atoms with Crippen LogP contribution in [0.5, 0.6) is 0 Å². The van der Waals surface area contributed by atoms with Crippen LogP contribution in [-0.2, 0) is 28.6 Å². The van der Waals surface area contributed by atoms with Gasteiger partial charge in [0.15, 0.2) is 6.10 Å². The van der Waals surface area contributed by atoms with Gasteiger partial charge in [-0.15, -0.1) is 0 Å². The molecule has 0 fully saturated rings. The molecule has 73 heavy (non-hydrogen) atoms. The zero-order chi connectivity index (χ0) is 52.9. The molecule has 0 radical (unpaired) electrons. The maximum atomic E-state index is 12.9. The first kappa shape index (κ1) is 69.3. The lowest BCUT2D eigenvalue weighted by Crippen LogP contribution is -2.30. The van der Waals surface area contributed by atoms with E-state index in [-0.39, 0.29) is 31.6 Å². The van der Waals surface area contributed by atoms with Crippen LogP contribution in [0.25, 0.3) is 0 Å². The van der Waals surface area contributed by atoms with Crippen molar-refractivity contribution < 1.29 is 28.6 Å². The van der Waals surface area contributed by atoms with Gasteiger partial charge < -0.3 is 14.2 Å². The van der Waals surface area contributed by atoms with Crippen molar-refractivity contribution in [1.29, 1.82) is 0 Å². The Morgan fingerprint density at radius 2 is 0.562 bits per heavy atom. The number of ether oxygens (including phenoxy) is 3. The Kier molecular flexibility index (Phi) is 57.8. The Balaban J connectivity index is 4.46. The van der Waals surface area contributed by atoms with Gasteiger partial charge in [-0.2, -0.15) is 0 Å². The van der Waals surface area contributed by atoms with Gasteiger partial charge in [-0.05, 0) is 89.9 Å². The Hall–Kier alpha value is -3.67. The predicted molar refractivity (Wildman–Crippen MR) is 316 cm³/mol. The van der Waals surface area contributed by atoms with Crippen LogP contribution >= 0.6 is 0 Å². The smallest absolute Gasteiger partial charge is 0.306 e. The van der Waals surface area contributed by atoms with E-state index in [1.165, 1.54) is 141 Å². The molecule has 0 spiro atoms. The predicted octanol–water partition coefficient (Wildman–Crippen LogP) is 20.9. The first-order chi connectivity index (χ1) is 36.0. The Morgan fingerprint density at radius 3 is 0.918 bits per heavy atom. The molecule has 0 heterocycles. The van der Waals surface area contributed by atoms with Crippen LogP contribution in [0.15, 0.2) is 97.2 Å². The lowest BCUT2D eigenvalue weighted by Gasteiger charge is -2.18. The van der Waals surface area contributed by atoms with E-state index in [2.05, 4.69) is 112 Å². The van der Waals surface area contributed by atoms with Crippen LogP contribution < -0.4 is 0 Å². The molecule has 0 aliphatic carbocycles. The summed E-state index contributed by atoms with van der Waals surface area (Å²) in [6, 6.07) is 0. The van der Waals surface area contributed by atoms with Crippen molar-refractivity contribution in [1.82, 2.24) is 0 Å². The van der Waals surface area contributed by atoms with Gasteiger partial charge in [0.1, 0.15) is 13.2 Å². The second-order valence-electron chi connectivity index (χ2n) is 20.2. The number of hydrogen-bond donors (Lipinski definition) is 0. The second-order valence-corrected chi connectivity index (χ2v) is 20.2. The monoisotopic (exact) mass is 1010 g/mol. The quantitative estimate of drug-likeness (QED) is 0.0261. The fourth-order valence-corrected chi connectivity index (χ4v) is 8.50. The highest BCUT2D eigenvalue weighted by Crippen LogP contribution is 2.16. The van der Waals surface area contributed by atoms with E-state index >= 15 is 0 Å². The molecule has 0 rings (SSSR count). The fraction of sp³-hybridized carbons (Fsp3) is 0.716. The minimum absolute atomic E-state index is 0.110. The van der Waals surface area contributed by atoms with Crippen molar-refractivity contribution in [2.45, 2.75) is 297 Å². The third-order valence-electron chi connectivity index (χ3n) is 13.1. The first-order valence-corrected chi connectivity index (χ1v) is 30.7. The molecule has 6 heteroatoms. The molecule has 0 saturated carbocycles.